The molecule has 0 saturated carbocycles. The normalized spacial score (nSPS) is 10.9. The minimum atomic E-state index is 1.02. The molecule has 0 spiro atoms. The van der Waals surface area contributed by atoms with E-state index in [-0.39, 0.29) is 0 Å². The first-order valence-corrected chi connectivity index (χ1v) is 7.65. The maximum atomic E-state index is 4.76. The summed E-state index contributed by atoms with van der Waals surface area (Å²) >= 11 is 1.71. The summed E-state index contributed by atoms with van der Waals surface area (Å²) < 4.78 is 1.21. The van der Waals surface area contributed by atoms with Crippen LogP contribution in [0.15, 0.2) is 72.8 Å². The van der Waals surface area contributed by atoms with Gasteiger partial charge >= 0.3 is 0 Å². The van der Waals surface area contributed by atoms with E-state index in [1.807, 2.05) is 24.3 Å². The first kappa shape index (κ1) is 12.3. The van der Waals surface area contributed by atoms with Crippen LogP contribution in [0.5, 0.6) is 0 Å². The van der Waals surface area contributed by atoms with E-state index in [0.717, 1.165) is 16.1 Å². The Morgan fingerprint density at radius 2 is 1.67 bits per heavy atom. The molecule has 4 aromatic rings. The van der Waals surface area contributed by atoms with E-state index < -0.39 is 0 Å². The lowest BCUT2D eigenvalue weighted by Crippen LogP contribution is -1.77. The molecule has 0 unspecified atom stereocenters. The molecule has 0 bridgehead atoms. The molecule has 1 heterocycles. The van der Waals surface area contributed by atoms with Gasteiger partial charge in [-0.1, -0.05) is 60.7 Å². The molecule has 21 heavy (non-hydrogen) atoms. The molecule has 1 aromatic heterocycles. The van der Waals surface area contributed by atoms with Crippen molar-refractivity contribution in [1.29, 1.82) is 0 Å². The SMILES string of the molecule is [c]1ccccc1-c1nc2cc(-c3ccccc3)ccc2s1. The largest absolute Gasteiger partial charge is 0.236 e. The standard InChI is InChI=1S/C19H12NS/c1-3-7-14(8-4-1)16-11-12-18-17(13-16)20-19(21-18)15-9-5-2-6-10-15/h1-9,11-13H. The van der Waals surface area contributed by atoms with E-state index in [1.165, 1.54) is 15.8 Å². The molecule has 0 N–H and O–H groups in total. The van der Waals surface area contributed by atoms with Crippen LogP contribution in [0.1, 0.15) is 0 Å². The molecule has 3 aromatic carbocycles. The van der Waals surface area contributed by atoms with Gasteiger partial charge in [0.25, 0.3) is 0 Å². The number of rotatable bonds is 2. The molecule has 0 fully saturated rings. The van der Waals surface area contributed by atoms with Crippen molar-refractivity contribution in [3.63, 3.8) is 0 Å². The van der Waals surface area contributed by atoms with Gasteiger partial charge in [0.2, 0.25) is 0 Å². The molecule has 2 heteroatoms. The van der Waals surface area contributed by atoms with Gasteiger partial charge in [0.15, 0.2) is 0 Å². The Kier molecular flexibility index (Phi) is 3.02. The fraction of sp³-hybridized carbons (Fsp3) is 0. The molecule has 1 nitrogen and oxygen atoms in total. The zero-order valence-electron chi connectivity index (χ0n) is 11.3. The Morgan fingerprint density at radius 1 is 0.810 bits per heavy atom. The van der Waals surface area contributed by atoms with Crippen molar-refractivity contribution in [3.8, 4) is 21.7 Å². The van der Waals surface area contributed by atoms with Gasteiger partial charge in [-0.25, -0.2) is 4.98 Å². The summed E-state index contributed by atoms with van der Waals surface area (Å²) in [6, 6.07) is 28.1. The first-order valence-electron chi connectivity index (χ1n) is 6.83. The Morgan fingerprint density at radius 3 is 2.48 bits per heavy atom. The topological polar surface area (TPSA) is 12.9 Å². The number of thiazole rings is 1. The molecule has 99 valence electrons. The van der Waals surface area contributed by atoms with E-state index in [1.54, 1.807) is 11.3 Å². The molecular formula is C19H12NS. The fourth-order valence-corrected chi connectivity index (χ4v) is 3.31. The van der Waals surface area contributed by atoms with Gasteiger partial charge in [-0.05, 0) is 29.3 Å². The summed E-state index contributed by atoms with van der Waals surface area (Å²) in [5, 5.41) is 1.02. The number of hydrogen-bond donors (Lipinski definition) is 0. The van der Waals surface area contributed by atoms with Crippen LogP contribution in [0.4, 0.5) is 0 Å². The Balaban J connectivity index is 1.82. The summed E-state index contributed by atoms with van der Waals surface area (Å²) in [7, 11) is 0. The molecule has 0 saturated heterocycles. The van der Waals surface area contributed by atoms with E-state index in [9.17, 15) is 0 Å². The van der Waals surface area contributed by atoms with Crippen molar-refractivity contribution in [2.24, 2.45) is 0 Å². The van der Waals surface area contributed by atoms with Gasteiger partial charge in [-0.15, -0.1) is 11.3 Å². The Bertz CT molecular complexity index is 842. The maximum Gasteiger partial charge on any atom is 0.125 e. The lowest BCUT2D eigenvalue weighted by atomic mass is 10.1. The monoisotopic (exact) mass is 286 g/mol. The second-order valence-electron chi connectivity index (χ2n) is 4.84. The predicted octanol–water partition coefficient (Wildman–Crippen LogP) is 5.43. The van der Waals surface area contributed by atoms with Crippen LogP contribution in [-0.4, -0.2) is 4.98 Å². The molecule has 0 aliphatic heterocycles. The predicted molar refractivity (Wildman–Crippen MR) is 89.3 cm³/mol. The minimum absolute atomic E-state index is 1.02. The lowest BCUT2D eigenvalue weighted by molar-refractivity contribution is 1.47. The highest BCUT2D eigenvalue weighted by atomic mass is 32.1. The highest BCUT2D eigenvalue weighted by molar-refractivity contribution is 7.21. The van der Waals surface area contributed by atoms with Crippen LogP contribution in [-0.2, 0) is 0 Å². The van der Waals surface area contributed by atoms with Crippen LogP contribution < -0.4 is 0 Å². The molecule has 1 radical (unpaired) electrons. The van der Waals surface area contributed by atoms with Crippen LogP contribution >= 0.6 is 11.3 Å². The van der Waals surface area contributed by atoms with Gasteiger partial charge in [-0.2, -0.15) is 0 Å². The zero-order chi connectivity index (χ0) is 14.1. The van der Waals surface area contributed by atoms with Gasteiger partial charge in [-0.3, -0.25) is 0 Å². The average Bonchev–Trinajstić information content (AvgIpc) is 2.99. The number of nitrogens with zero attached hydrogens (tertiary/aromatic N) is 1. The first-order chi connectivity index (χ1) is 10.4. The average molecular weight is 286 g/mol. The lowest BCUT2D eigenvalue weighted by Gasteiger charge is -2.00. The van der Waals surface area contributed by atoms with E-state index in [2.05, 4.69) is 54.6 Å². The van der Waals surface area contributed by atoms with Crippen LogP contribution in [0.2, 0.25) is 0 Å². The fourth-order valence-electron chi connectivity index (χ4n) is 2.38. The molecule has 0 aliphatic rings. The van der Waals surface area contributed by atoms with Crippen molar-refractivity contribution in [2.75, 3.05) is 0 Å². The third kappa shape index (κ3) is 2.34. The highest BCUT2D eigenvalue weighted by Crippen LogP contribution is 2.32. The third-order valence-electron chi connectivity index (χ3n) is 3.43. The third-order valence-corrected chi connectivity index (χ3v) is 4.50. The second kappa shape index (κ2) is 5.15. The summed E-state index contributed by atoms with van der Waals surface area (Å²) in [5.41, 5.74) is 4.53. The molecule has 4 rings (SSSR count). The number of hydrogen-bond acceptors (Lipinski definition) is 2. The van der Waals surface area contributed by atoms with Crippen molar-refractivity contribution in [2.45, 2.75) is 0 Å². The van der Waals surface area contributed by atoms with Gasteiger partial charge < -0.3 is 0 Å². The van der Waals surface area contributed by atoms with Crippen LogP contribution in [0.25, 0.3) is 31.9 Å². The molecule has 0 aliphatic carbocycles. The summed E-state index contributed by atoms with van der Waals surface area (Å²) in [6.45, 7) is 0. The zero-order valence-corrected chi connectivity index (χ0v) is 12.1. The van der Waals surface area contributed by atoms with Crippen molar-refractivity contribution in [3.05, 3.63) is 78.9 Å². The van der Waals surface area contributed by atoms with Crippen molar-refractivity contribution in [1.82, 2.24) is 4.98 Å². The second-order valence-corrected chi connectivity index (χ2v) is 5.87. The van der Waals surface area contributed by atoms with Gasteiger partial charge in [0, 0.05) is 5.56 Å². The van der Waals surface area contributed by atoms with Gasteiger partial charge in [0.1, 0.15) is 5.01 Å². The Hall–Kier alpha value is -2.45. The summed E-state index contributed by atoms with van der Waals surface area (Å²) in [5.74, 6) is 0. The van der Waals surface area contributed by atoms with Crippen LogP contribution in [0, 0.1) is 6.07 Å². The smallest absolute Gasteiger partial charge is 0.125 e. The molecule has 0 atom stereocenters. The maximum absolute atomic E-state index is 4.76. The number of aromatic nitrogens is 1. The van der Waals surface area contributed by atoms with Crippen LogP contribution in [0.3, 0.4) is 0 Å². The quantitative estimate of drug-likeness (QED) is 0.479. The van der Waals surface area contributed by atoms with Crippen molar-refractivity contribution >= 4 is 21.6 Å². The van der Waals surface area contributed by atoms with E-state index in [4.69, 9.17) is 4.98 Å². The number of fused-ring (bicyclic) bond motifs is 1. The summed E-state index contributed by atoms with van der Waals surface area (Å²) in [4.78, 5) is 4.76. The highest BCUT2D eigenvalue weighted by Gasteiger charge is 2.07. The Labute approximate surface area is 127 Å². The summed E-state index contributed by atoms with van der Waals surface area (Å²) in [6.07, 6.45) is 0. The molecule has 0 amide bonds. The molecular weight excluding hydrogens is 274 g/mol. The van der Waals surface area contributed by atoms with Crippen molar-refractivity contribution < 1.29 is 0 Å². The van der Waals surface area contributed by atoms with Gasteiger partial charge in [0.05, 0.1) is 10.2 Å². The van der Waals surface area contributed by atoms with E-state index >= 15 is 0 Å². The number of benzene rings is 3. The minimum Gasteiger partial charge on any atom is -0.236 e. The van der Waals surface area contributed by atoms with E-state index in [0.29, 0.717) is 0 Å².